The number of nitrogens with zero attached hydrogens (tertiary/aromatic N) is 3. The molecule has 5 nitrogen and oxygen atoms in total. The molecule has 0 aromatic carbocycles. The number of rotatable bonds is 6. The second-order valence-corrected chi connectivity index (χ2v) is 6.15. The molecule has 6 heteroatoms. The van der Waals surface area contributed by atoms with Gasteiger partial charge in [-0.1, -0.05) is 6.92 Å². The van der Waals surface area contributed by atoms with Crippen molar-refractivity contribution in [2.45, 2.75) is 32.9 Å². The SMILES string of the molecule is CCC(C)NC(=NCC(=O)N(C)C)N(C)Cc1ccsc1. The summed E-state index contributed by atoms with van der Waals surface area (Å²) in [5.74, 6) is 0.771. The quantitative estimate of drug-likeness (QED) is 0.646. The zero-order valence-electron chi connectivity index (χ0n) is 13.6. The molecule has 0 saturated heterocycles. The number of aliphatic imine (C=N–C) groups is 1. The average Bonchev–Trinajstić information content (AvgIpc) is 2.95. The Morgan fingerprint density at radius 2 is 2.14 bits per heavy atom. The van der Waals surface area contributed by atoms with Crippen molar-refractivity contribution < 1.29 is 4.79 Å². The van der Waals surface area contributed by atoms with Crippen LogP contribution in [0.2, 0.25) is 0 Å². The molecule has 0 saturated carbocycles. The van der Waals surface area contributed by atoms with Crippen LogP contribution in [0, 0.1) is 0 Å². The van der Waals surface area contributed by atoms with E-state index in [1.54, 1.807) is 30.3 Å². The Bertz CT molecular complexity index is 456. The molecule has 0 aliphatic rings. The van der Waals surface area contributed by atoms with Crippen molar-refractivity contribution in [3.63, 3.8) is 0 Å². The van der Waals surface area contributed by atoms with Gasteiger partial charge < -0.3 is 15.1 Å². The van der Waals surface area contributed by atoms with E-state index in [4.69, 9.17) is 0 Å². The summed E-state index contributed by atoms with van der Waals surface area (Å²) >= 11 is 1.69. The van der Waals surface area contributed by atoms with Gasteiger partial charge in [-0.25, -0.2) is 4.99 Å². The van der Waals surface area contributed by atoms with Crippen LogP contribution in [0.15, 0.2) is 21.8 Å². The zero-order chi connectivity index (χ0) is 15.8. The van der Waals surface area contributed by atoms with Crippen LogP contribution in [0.1, 0.15) is 25.8 Å². The smallest absolute Gasteiger partial charge is 0.243 e. The van der Waals surface area contributed by atoms with Crippen molar-refractivity contribution in [3.8, 4) is 0 Å². The maximum absolute atomic E-state index is 11.7. The van der Waals surface area contributed by atoms with Crippen molar-refractivity contribution in [1.29, 1.82) is 0 Å². The fourth-order valence-electron chi connectivity index (χ4n) is 1.61. The van der Waals surface area contributed by atoms with Gasteiger partial charge in [0.05, 0.1) is 0 Å². The van der Waals surface area contributed by atoms with Crippen molar-refractivity contribution >= 4 is 23.2 Å². The molecule has 21 heavy (non-hydrogen) atoms. The number of carbonyl (C=O) groups excluding carboxylic acids is 1. The first-order valence-electron chi connectivity index (χ1n) is 7.17. The first-order valence-corrected chi connectivity index (χ1v) is 8.11. The van der Waals surface area contributed by atoms with Crippen molar-refractivity contribution in [1.82, 2.24) is 15.1 Å². The largest absolute Gasteiger partial charge is 0.354 e. The van der Waals surface area contributed by atoms with Crippen molar-refractivity contribution in [3.05, 3.63) is 22.4 Å². The molecule has 118 valence electrons. The Hall–Kier alpha value is -1.56. The molecule has 1 heterocycles. The lowest BCUT2D eigenvalue weighted by Gasteiger charge is -2.25. The number of nitrogens with one attached hydrogen (secondary N) is 1. The number of thiophene rings is 1. The molecule has 1 N–H and O–H groups in total. The van der Waals surface area contributed by atoms with Crippen molar-refractivity contribution in [2.75, 3.05) is 27.7 Å². The summed E-state index contributed by atoms with van der Waals surface area (Å²) in [6, 6.07) is 2.43. The van der Waals surface area contributed by atoms with Crippen LogP contribution < -0.4 is 5.32 Å². The van der Waals surface area contributed by atoms with Gasteiger partial charge in [-0.15, -0.1) is 0 Å². The Morgan fingerprint density at radius 1 is 1.43 bits per heavy atom. The molecule has 0 spiro atoms. The number of guanidine groups is 1. The van der Waals surface area contributed by atoms with Gasteiger partial charge in [0.1, 0.15) is 6.54 Å². The van der Waals surface area contributed by atoms with E-state index in [1.165, 1.54) is 5.56 Å². The third kappa shape index (κ3) is 6.16. The second kappa shape index (κ2) is 8.67. The summed E-state index contributed by atoms with van der Waals surface area (Å²) in [5, 5.41) is 7.58. The van der Waals surface area contributed by atoms with Gasteiger partial charge in [-0.05, 0) is 35.7 Å². The van der Waals surface area contributed by atoms with E-state index in [1.807, 2.05) is 7.05 Å². The maximum atomic E-state index is 11.7. The summed E-state index contributed by atoms with van der Waals surface area (Å²) < 4.78 is 0. The minimum atomic E-state index is 0.00221. The molecule has 0 aliphatic carbocycles. The van der Waals surface area contributed by atoms with Crippen molar-refractivity contribution in [2.24, 2.45) is 4.99 Å². The standard InChI is InChI=1S/C15H26N4OS/c1-6-12(2)17-15(16-9-14(20)18(3)4)19(5)10-13-7-8-21-11-13/h7-8,11-12H,6,9-10H2,1-5H3,(H,16,17). The highest BCUT2D eigenvalue weighted by molar-refractivity contribution is 7.07. The fourth-order valence-corrected chi connectivity index (χ4v) is 2.27. The maximum Gasteiger partial charge on any atom is 0.243 e. The average molecular weight is 310 g/mol. The predicted molar refractivity (Wildman–Crippen MR) is 89.7 cm³/mol. The van der Waals surface area contributed by atoms with Crippen LogP contribution in [0.3, 0.4) is 0 Å². The predicted octanol–water partition coefficient (Wildman–Crippen LogP) is 2.01. The van der Waals surface area contributed by atoms with Gasteiger partial charge in [0.15, 0.2) is 5.96 Å². The molecule has 0 fully saturated rings. The summed E-state index contributed by atoms with van der Waals surface area (Å²) in [5.41, 5.74) is 1.25. The Morgan fingerprint density at radius 3 is 2.67 bits per heavy atom. The lowest BCUT2D eigenvalue weighted by molar-refractivity contribution is -0.127. The Kier molecular flexibility index (Phi) is 7.22. The van der Waals surface area contributed by atoms with Gasteiger partial charge in [0, 0.05) is 33.7 Å². The monoisotopic (exact) mass is 310 g/mol. The minimum Gasteiger partial charge on any atom is -0.354 e. The number of carbonyl (C=O) groups is 1. The van der Waals surface area contributed by atoms with E-state index < -0.39 is 0 Å². The normalized spacial score (nSPS) is 12.9. The molecular weight excluding hydrogens is 284 g/mol. The third-order valence-corrected chi connectivity index (χ3v) is 3.94. The summed E-state index contributed by atoms with van der Waals surface area (Å²) in [6.45, 7) is 5.18. The molecule has 1 amide bonds. The van der Waals surface area contributed by atoms with Crippen LogP contribution in [0.5, 0.6) is 0 Å². The summed E-state index contributed by atoms with van der Waals surface area (Å²) in [4.78, 5) is 19.8. The number of likely N-dealkylation sites (N-methyl/N-ethyl adjacent to an activating group) is 1. The lowest BCUT2D eigenvalue weighted by Crippen LogP contribution is -2.43. The first kappa shape index (κ1) is 17.5. The van der Waals surface area contributed by atoms with Gasteiger partial charge in [-0.3, -0.25) is 4.79 Å². The Labute approximate surface area is 131 Å². The number of hydrogen-bond acceptors (Lipinski definition) is 3. The van der Waals surface area contributed by atoms with Gasteiger partial charge >= 0.3 is 0 Å². The van der Waals surface area contributed by atoms with Gasteiger partial charge in [-0.2, -0.15) is 11.3 Å². The van der Waals surface area contributed by atoms with Gasteiger partial charge in [0.2, 0.25) is 5.91 Å². The molecule has 1 aromatic heterocycles. The number of amides is 1. The van der Waals surface area contributed by atoms with E-state index in [0.717, 1.165) is 18.9 Å². The highest BCUT2D eigenvalue weighted by Crippen LogP contribution is 2.08. The molecule has 1 atom stereocenters. The van der Waals surface area contributed by atoms with Crippen LogP contribution in [0.25, 0.3) is 0 Å². The summed E-state index contributed by atoms with van der Waals surface area (Å²) in [7, 11) is 5.48. The molecule has 1 unspecified atom stereocenters. The molecule has 0 bridgehead atoms. The zero-order valence-corrected chi connectivity index (χ0v) is 14.4. The topological polar surface area (TPSA) is 47.9 Å². The van der Waals surface area contributed by atoms with Gasteiger partial charge in [0.25, 0.3) is 0 Å². The molecular formula is C15H26N4OS. The molecule has 0 aliphatic heterocycles. The Balaban J connectivity index is 2.75. The summed E-state index contributed by atoms with van der Waals surface area (Å²) in [6.07, 6.45) is 1.01. The molecule has 0 radical (unpaired) electrons. The highest BCUT2D eigenvalue weighted by atomic mass is 32.1. The van der Waals surface area contributed by atoms with E-state index in [2.05, 4.69) is 45.9 Å². The minimum absolute atomic E-state index is 0.00221. The first-order chi connectivity index (χ1) is 9.93. The van der Waals surface area contributed by atoms with E-state index in [-0.39, 0.29) is 12.5 Å². The van der Waals surface area contributed by atoms with Crippen LogP contribution in [-0.2, 0) is 11.3 Å². The lowest BCUT2D eigenvalue weighted by atomic mass is 10.2. The van der Waals surface area contributed by atoms with E-state index >= 15 is 0 Å². The highest BCUT2D eigenvalue weighted by Gasteiger charge is 2.11. The van der Waals surface area contributed by atoms with Crippen LogP contribution >= 0.6 is 11.3 Å². The van der Waals surface area contributed by atoms with Crippen LogP contribution in [0.4, 0.5) is 0 Å². The second-order valence-electron chi connectivity index (χ2n) is 5.37. The fraction of sp³-hybridized carbons (Fsp3) is 0.600. The molecule has 1 rings (SSSR count). The molecule has 1 aromatic rings. The van der Waals surface area contributed by atoms with Crippen LogP contribution in [-0.4, -0.2) is 55.4 Å². The number of hydrogen-bond donors (Lipinski definition) is 1. The van der Waals surface area contributed by atoms with E-state index in [0.29, 0.717) is 6.04 Å². The van der Waals surface area contributed by atoms with E-state index in [9.17, 15) is 4.79 Å². The third-order valence-electron chi connectivity index (χ3n) is 3.21.